The molecule has 0 fully saturated rings. The van der Waals surface area contributed by atoms with Crippen LogP contribution in [0, 0.1) is 0 Å². The quantitative estimate of drug-likeness (QED) is 0.671. The summed E-state index contributed by atoms with van der Waals surface area (Å²) in [6.07, 6.45) is 5.14. The largest absolute Gasteiger partial charge is 0.494 e. The molecule has 0 saturated heterocycles. The molecule has 0 saturated carbocycles. The number of unbranched alkanes of at least 4 members (excludes halogenated alkanes) is 2. The first-order valence-electron chi connectivity index (χ1n) is 6.75. The van der Waals surface area contributed by atoms with E-state index in [1.165, 1.54) is 25.7 Å². The molecule has 0 bridgehead atoms. The third-order valence-corrected chi connectivity index (χ3v) is 2.80. The summed E-state index contributed by atoms with van der Waals surface area (Å²) in [4.78, 5) is 0. The molecule has 0 aromatic heterocycles. The second-order valence-corrected chi connectivity index (χ2v) is 4.50. The van der Waals surface area contributed by atoms with Crippen molar-refractivity contribution in [1.82, 2.24) is 0 Å². The fraction of sp³-hybridized carbons (Fsp3) is 0.600. The Morgan fingerprint density at radius 1 is 1.24 bits per heavy atom. The summed E-state index contributed by atoms with van der Waals surface area (Å²) < 4.78 is 5.49. The molecule has 1 N–H and O–H groups in total. The highest BCUT2D eigenvalue weighted by atomic mass is 16.5. The lowest BCUT2D eigenvalue weighted by Gasteiger charge is -2.15. The minimum atomic E-state index is 0.526. The summed E-state index contributed by atoms with van der Waals surface area (Å²) in [5.74, 6) is 0.943. The lowest BCUT2D eigenvalue weighted by Crippen LogP contribution is -2.14. The van der Waals surface area contributed by atoms with Crippen molar-refractivity contribution in [3.05, 3.63) is 24.3 Å². The number of hydrogen-bond donors (Lipinski definition) is 1. The Morgan fingerprint density at radius 2 is 2.06 bits per heavy atom. The van der Waals surface area contributed by atoms with Gasteiger partial charge in [-0.05, 0) is 32.4 Å². The number of ether oxygens (including phenoxy) is 1. The minimum Gasteiger partial charge on any atom is -0.494 e. The summed E-state index contributed by atoms with van der Waals surface area (Å²) in [6.45, 7) is 7.20. The molecule has 17 heavy (non-hydrogen) atoms. The van der Waals surface area contributed by atoms with Gasteiger partial charge in [0.25, 0.3) is 0 Å². The van der Waals surface area contributed by atoms with E-state index in [0.29, 0.717) is 6.04 Å². The van der Waals surface area contributed by atoms with E-state index in [0.717, 1.165) is 18.0 Å². The van der Waals surface area contributed by atoms with Gasteiger partial charge in [0.1, 0.15) is 5.75 Å². The molecule has 0 spiro atoms. The Kier molecular flexibility index (Phi) is 6.53. The smallest absolute Gasteiger partial charge is 0.121 e. The number of nitrogens with one attached hydrogen (secondary N) is 1. The van der Waals surface area contributed by atoms with E-state index in [-0.39, 0.29) is 0 Å². The lowest BCUT2D eigenvalue weighted by atomic mass is 10.1. The predicted molar refractivity (Wildman–Crippen MR) is 74.8 cm³/mol. The molecular formula is C15H25NO. The molecule has 96 valence electrons. The highest BCUT2D eigenvalue weighted by Crippen LogP contribution is 2.19. The van der Waals surface area contributed by atoms with Crippen molar-refractivity contribution < 1.29 is 4.74 Å². The van der Waals surface area contributed by atoms with E-state index >= 15 is 0 Å². The maximum atomic E-state index is 5.49. The molecule has 1 atom stereocenters. The number of hydrogen-bond acceptors (Lipinski definition) is 2. The summed E-state index contributed by atoms with van der Waals surface area (Å²) in [5.41, 5.74) is 1.15. The zero-order valence-corrected chi connectivity index (χ0v) is 11.3. The second-order valence-electron chi connectivity index (χ2n) is 4.50. The van der Waals surface area contributed by atoms with Crippen LogP contribution < -0.4 is 10.1 Å². The van der Waals surface area contributed by atoms with Gasteiger partial charge in [-0.25, -0.2) is 0 Å². The van der Waals surface area contributed by atoms with Crippen molar-refractivity contribution in [2.45, 2.75) is 52.5 Å². The lowest BCUT2D eigenvalue weighted by molar-refractivity contribution is 0.340. The van der Waals surface area contributed by atoms with Crippen LogP contribution in [0.5, 0.6) is 5.75 Å². The van der Waals surface area contributed by atoms with Crippen LogP contribution in [0.3, 0.4) is 0 Å². The molecule has 1 rings (SSSR count). The fourth-order valence-electron chi connectivity index (χ4n) is 1.90. The third-order valence-electron chi connectivity index (χ3n) is 2.80. The Labute approximate surface area is 105 Å². The molecule has 0 aliphatic carbocycles. The first-order chi connectivity index (χ1) is 8.26. The molecular weight excluding hydrogens is 210 g/mol. The van der Waals surface area contributed by atoms with Crippen LogP contribution in [-0.2, 0) is 0 Å². The topological polar surface area (TPSA) is 21.3 Å². The average Bonchev–Trinajstić information content (AvgIpc) is 2.30. The molecule has 0 aliphatic heterocycles. The van der Waals surface area contributed by atoms with Crippen molar-refractivity contribution in [3.63, 3.8) is 0 Å². The van der Waals surface area contributed by atoms with Gasteiger partial charge in [-0.3, -0.25) is 0 Å². The summed E-state index contributed by atoms with van der Waals surface area (Å²) in [5, 5.41) is 3.52. The van der Waals surface area contributed by atoms with Crippen LogP contribution in [-0.4, -0.2) is 12.6 Å². The normalized spacial score (nSPS) is 12.2. The highest BCUT2D eigenvalue weighted by molar-refractivity contribution is 5.48. The van der Waals surface area contributed by atoms with E-state index in [1.807, 2.05) is 19.1 Å². The van der Waals surface area contributed by atoms with Crippen molar-refractivity contribution in [1.29, 1.82) is 0 Å². The second kappa shape index (κ2) is 7.99. The standard InChI is InChI=1S/C15H25NO/c1-4-6-7-9-13(3)16-14-10-8-11-15(12-14)17-5-2/h8,10-13,16H,4-7,9H2,1-3H3. The highest BCUT2D eigenvalue weighted by Gasteiger charge is 2.02. The van der Waals surface area contributed by atoms with Crippen LogP contribution in [0.15, 0.2) is 24.3 Å². The van der Waals surface area contributed by atoms with Gasteiger partial charge in [0, 0.05) is 17.8 Å². The number of anilines is 1. The Hall–Kier alpha value is -1.18. The zero-order valence-electron chi connectivity index (χ0n) is 11.3. The van der Waals surface area contributed by atoms with Gasteiger partial charge in [0.2, 0.25) is 0 Å². The summed E-state index contributed by atoms with van der Waals surface area (Å²) >= 11 is 0. The van der Waals surface area contributed by atoms with Gasteiger partial charge in [-0.2, -0.15) is 0 Å². The SMILES string of the molecule is CCCCCC(C)Nc1cccc(OCC)c1. The third kappa shape index (κ3) is 5.62. The first kappa shape index (κ1) is 13.9. The van der Waals surface area contributed by atoms with Gasteiger partial charge < -0.3 is 10.1 Å². The minimum absolute atomic E-state index is 0.526. The van der Waals surface area contributed by atoms with Gasteiger partial charge in [0.15, 0.2) is 0 Å². The Balaban J connectivity index is 2.41. The Morgan fingerprint density at radius 3 is 2.76 bits per heavy atom. The maximum absolute atomic E-state index is 5.49. The van der Waals surface area contributed by atoms with Crippen molar-refractivity contribution in [2.24, 2.45) is 0 Å². The van der Waals surface area contributed by atoms with Gasteiger partial charge >= 0.3 is 0 Å². The Bertz CT molecular complexity index is 312. The molecule has 1 unspecified atom stereocenters. The van der Waals surface area contributed by atoms with Crippen LogP contribution in [0.1, 0.15) is 46.5 Å². The van der Waals surface area contributed by atoms with Gasteiger partial charge in [-0.15, -0.1) is 0 Å². The molecule has 2 heteroatoms. The van der Waals surface area contributed by atoms with Crippen molar-refractivity contribution in [2.75, 3.05) is 11.9 Å². The van der Waals surface area contributed by atoms with Gasteiger partial charge in [-0.1, -0.05) is 32.3 Å². The number of benzene rings is 1. The molecule has 2 nitrogen and oxygen atoms in total. The first-order valence-corrected chi connectivity index (χ1v) is 6.75. The van der Waals surface area contributed by atoms with E-state index in [2.05, 4.69) is 31.3 Å². The van der Waals surface area contributed by atoms with E-state index in [4.69, 9.17) is 4.74 Å². The molecule has 0 radical (unpaired) electrons. The average molecular weight is 235 g/mol. The monoisotopic (exact) mass is 235 g/mol. The van der Waals surface area contributed by atoms with Crippen LogP contribution in [0.4, 0.5) is 5.69 Å². The fourth-order valence-corrected chi connectivity index (χ4v) is 1.90. The molecule has 0 heterocycles. The van der Waals surface area contributed by atoms with Gasteiger partial charge in [0.05, 0.1) is 6.61 Å². The van der Waals surface area contributed by atoms with Crippen molar-refractivity contribution >= 4 is 5.69 Å². The summed E-state index contributed by atoms with van der Waals surface area (Å²) in [7, 11) is 0. The van der Waals surface area contributed by atoms with Crippen molar-refractivity contribution in [3.8, 4) is 5.75 Å². The molecule has 1 aromatic carbocycles. The molecule has 1 aromatic rings. The molecule has 0 aliphatic rings. The van der Waals surface area contributed by atoms with E-state index in [9.17, 15) is 0 Å². The zero-order chi connectivity index (χ0) is 12.5. The number of rotatable bonds is 8. The van der Waals surface area contributed by atoms with E-state index < -0.39 is 0 Å². The van der Waals surface area contributed by atoms with Crippen LogP contribution in [0.2, 0.25) is 0 Å². The van der Waals surface area contributed by atoms with Crippen LogP contribution in [0.25, 0.3) is 0 Å². The van der Waals surface area contributed by atoms with E-state index in [1.54, 1.807) is 0 Å². The van der Waals surface area contributed by atoms with Crippen LogP contribution >= 0.6 is 0 Å². The maximum Gasteiger partial charge on any atom is 0.121 e. The molecule has 0 amide bonds. The summed E-state index contributed by atoms with van der Waals surface area (Å²) in [6, 6.07) is 8.72. The predicted octanol–water partition coefficient (Wildman–Crippen LogP) is 4.47.